The van der Waals surface area contributed by atoms with Crippen molar-refractivity contribution >= 4 is 26.8 Å². The number of hydrogen-bond donors (Lipinski definition) is 1. The molecule has 0 aliphatic carbocycles. The van der Waals surface area contributed by atoms with Crippen molar-refractivity contribution in [1.82, 2.24) is 14.5 Å². The van der Waals surface area contributed by atoms with Gasteiger partial charge in [-0.05, 0) is 82.9 Å². The Morgan fingerprint density at radius 1 is 1.00 bits per heavy atom. The van der Waals surface area contributed by atoms with Crippen LogP contribution in [0.3, 0.4) is 0 Å². The first kappa shape index (κ1) is 34.1. The van der Waals surface area contributed by atoms with Crippen molar-refractivity contribution in [1.29, 1.82) is 0 Å². The molecule has 1 aliphatic rings. The van der Waals surface area contributed by atoms with Crippen LogP contribution in [0.25, 0.3) is 22.0 Å². The maximum Gasteiger partial charge on any atom is 0.410 e. The number of unbranched alkanes of at least 4 members (excludes halogenated alkanes) is 1. The fourth-order valence-corrected chi connectivity index (χ4v) is 6.85. The molecule has 10 nitrogen and oxygen atoms in total. The van der Waals surface area contributed by atoms with Gasteiger partial charge in [0.15, 0.2) is 21.4 Å². The summed E-state index contributed by atoms with van der Waals surface area (Å²) in [4.78, 5) is 29.6. The smallest absolute Gasteiger partial charge is 0.410 e. The van der Waals surface area contributed by atoms with Crippen molar-refractivity contribution in [2.75, 3.05) is 25.4 Å². The quantitative estimate of drug-likeness (QED) is 0.189. The van der Waals surface area contributed by atoms with E-state index in [-0.39, 0.29) is 39.9 Å². The summed E-state index contributed by atoms with van der Waals surface area (Å²) in [5.41, 5.74) is 0.287. The number of benzene rings is 2. The second-order valence-electron chi connectivity index (χ2n) is 12.6. The van der Waals surface area contributed by atoms with Gasteiger partial charge < -0.3 is 28.7 Å². The molecule has 1 amide bonds. The third kappa shape index (κ3) is 8.20. The molecule has 3 heterocycles. The van der Waals surface area contributed by atoms with Gasteiger partial charge in [0, 0.05) is 61.7 Å². The van der Waals surface area contributed by atoms with Gasteiger partial charge in [0.2, 0.25) is 0 Å². The van der Waals surface area contributed by atoms with E-state index in [0.29, 0.717) is 73.5 Å². The number of ether oxygens (including phenoxy) is 3. The molecule has 252 valence electrons. The summed E-state index contributed by atoms with van der Waals surface area (Å²) < 4.78 is 73.7. The summed E-state index contributed by atoms with van der Waals surface area (Å²) in [6.07, 6.45) is 5.05. The third-order valence-corrected chi connectivity index (χ3v) is 9.66. The van der Waals surface area contributed by atoms with Crippen molar-refractivity contribution in [3.8, 4) is 22.6 Å². The Hall–Kier alpha value is -4.23. The SMILES string of the molecule is Cn1cc(-c2cc(S(=O)(=O)CCCCOC3CCN(C(=O)OC(C)(C)C)CC3)ccc2Oc2ccc(F)cc2F)c2cc[nH]c2c1=O. The number of H-pyrrole nitrogens is 1. The minimum atomic E-state index is -3.76. The highest BCUT2D eigenvalue weighted by atomic mass is 32.2. The number of nitrogens with one attached hydrogen (secondary N) is 1. The third-order valence-electron chi connectivity index (χ3n) is 7.86. The average Bonchev–Trinajstić information content (AvgIpc) is 3.50. The van der Waals surface area contributed by atoms with Gasteiger partial charge in [0.1, 0.15) is 22.7 Å². The molecular weight excluding hydrogens is 632 g/mol. The van der Waals surface area contributed by atoms with E-state index in [1.807, 2.05) is 20.8 Å². The summed E-state index contributed by atoms with van der Waals surface area (Å²) in [7, 11) is -2.19. The van der Waals surface area contributed by atoms with E-state index in [1.165, 1.54) is 22.8 Å². The van der Waals surface area contributed by atoms with E-state index >= 15 is 0 Å². The minimum Gasteiger partial charge on any atom is -0.454 e. The van der Waals surface area contributed by atoms with Crippen LogP contribution in [0.2, 0.25) is 0 Å². The first-order valence-electron chi connectivity index (χ1n) is 15.5. The number of carbonyl (C=O) groups excluding carboxylic acids is 1. The van der Waals surface area contributed by atoms with Gasteiger partial charge in [-0.1, -0.05) is 0 Å². The number of sulfone groups is 1. The lowest BCUT2D eigenvalue weighted by Crippen LogP contribution is -2.43. The predicted molar refractivity (Wildman–Crippen MR) is 173 cm³/mol. The Kier molecular flexibility index (Phi) is 10.1. The summed E-state index contributed by atoms with van der Waals surface area (Å²) in [6.45, 7) is 6.95. The average molecular weight is 672 g/mol. The number of nitrogens with zero attached hydrogens (tertiary/aromatic N) is 2. The van der Waals surface area contributed by atoms with Gasteiger partial charge in [-0.3, -0.25) is 4.79 Å². The zero-order chi connectivity index (χ0) is 33.9. The van der Waals surface area contributed by atoms with Gasteiger partial charge >= 0.3 is 6.09 Å². The van der Waals surface area contributed by atoms with E-state index in [0.717, 1.165) is 12.1 Å². The van der Waals surface area contributed by atoms with Crippen LogP contribution < -0.4 is 10.3 Å². The maximum absolute atomic E-state index is 14.5. The van der Waals surface area contributed by atoms with Crippen molar-refractivity contribution in [3.63, 3.8) is 0 Å². The zero-order valence-electron chi connectivity index (χ0n) is 26.8. The Bertz CT molecular complexity index is 1920. The molecule has 2 aromatic carbocycles. The molecule has 47 heavy (non-hydrogen) atoms. The number of aromatic nitrogens is 2. The lowest BCUT2D eigenvalue weighted by molar-refractivity contribution is -0.0118. The Morgan fingerprint density at radius 2 is 1.72 bits per heavy atom. The predicted octanol–water partition coefficient (Wildman–Crippen LogP) is 6.57. The fourth-order valence-electron chi connectivity index (χ4n) is 5.46. The van der Waals surface area contributed by atoms with Crippen LogP contribution in [0.4, 0.5) is 13.6 Å². The highest BCUT2D eigenvalue weighted by Crippen LogP contribution is 2.39. The standard InChI is InChI=1S/C34H39F2N3O7S/c1-34(2,3)46-33(41)39-15-12-23(13-16-39)44-17-5-6-18-47(42,43)24-8-10-29(45-30-9-7-22(35)19-28(30)36)26(20-24)27-21-38(4)32(40)31-25(27)11-14-37-31/h7-11,14,19-21,23,37H,5-6,12-13,15-18H2,1-4H3. The van der Waals surface area contributed by atoms with Gasteiger partial charge in [-0.15, -0.1) is 0 Å². The first-order chi connectivity index (χ1) is 22.2. The molecule has 1 saturated heterocycles. The Balaban J connectivity index is 1.27. The number of aryl methyl sites for hydroxylation is 1. The van der Waals surface area contributed by atoms with Crippen LogP contribution >= 0.6 is 0 Å². The van der Waals surface area contributed by atoms with Gasteiger partial charge in [0.25, 0.3) is 5.56 Å². The van der Waals surface area contributed by atoms with E-state index in [2.05, 4.69) is 4.98 Å². The molecule has 1 N–H and O–H groups in total. The highest BCUT2D eigenvalue weighted by Gasteiger charge is 2.27. The number of rotatable bonds is 10. The molecule has 5 rings (SSSR count). The normalized spacial score (nSPS) is 14.5. The molecule has 1 aliphatic heterocycles. The van der Waals surface area contributed by atoms with Gasteiger partial charge in [-0.25, -0.2) is 22.0 Å². The highest BCUT2D eigenvalue weighted by molar-refractivity contribution is 7.91. The van der Waals surface area contributed by atoms with E-state index in [9.17, 15) is 26.8 Å². The molecule has 0 bridgehead atoms. The molecule has 0 spiro atoms. The van der Waals surface area contributed by atoms with E-state index in [1.54, 1.807) is 30.4 Å². The number of amides is 1. The number of pyridine rings is 1. The summed E-state index contributed by atoms with van der Waals surface area (Å²) in [5.74, 6) is -1.93. The number of piperidine rings is 1. The van der Waals surface area contributed by atoms with E-state index in [4.69, 9.17) is 14.2 Å². The van der Waals surface area contributed by atoms with Crippen LogP contribution in [0.15, 0.2) is 64.5 Å². The number of fused-ring (bicyclic) bond motifs is 1. The molecule has 4 aromatic rings. The van der Waals surface area contributed by atoms with Crippen molar-refractivity contribution in [3.05, 3.63) is 76.8 Å². The largest absolute Gasteiger partial charge is 0.454 e. The minimum absolute atomic E-state index is 0.0153. The van der Waals surface area contributed by atoms with Crippen molar-refractivity contribution in [2.24, 2.45) is 7.05 Å². The number of aromatic amines is 1. The Morgan fingerprint density at radius 3 is 2.43 bits per heavy atom. The molecule has 0 radical (unpaired) electrons. The topological polar surface area (TPSA) is 120 Å². The lowest BCUT2D eigenvalue weighted by Gasteiger charge is -2.33. The molecule has 1 fully saturated rings. The number of likely N-dealkylation sites (tertiary alicyclic amines) is 1. The van der Waals surface area contributed by atoms with Crippen LogP contribution in [0.5, 0.6) is 11.5 Å². The van der Waals surface area contributed by atoms with Crippen LogP contribution in [0.1, 0.15) is 46.5 Å². The fraction of sp³-hybridized carbons (Fsp3) is 0.412. The number of hydrogen-bond acceptors (Lipinski definition) is 7. The second-order valence-corrected chi connectivity index (χ2v) is 14.7. The molecule has 13 heteroatoms. The van der Waals surface area contributed by atoms with E-state index < -0.39 is 27.1 Å². The molecule has 0 saturated carbocycles. The second kappa shape index (κ2) is 13.9. The lowest BCUT2D eigenvalue weighted by atomic mass is 10.0. The monoisotopic (exact) mass is 671 g/mol. The van der Waals surface area contributed by atoms with Crippen molar-refractivity contribution in [2.45, 2.75) is 63.1 Å². The maximum atomic E-state index is 14.5. The van der Waals surface area contributed by atoms with Crippen LogP contribution in [-0.2, 0) is 26.4 Å². The summed E-state index contributed by atoms with van der Waals surface area (Å²) >= 11 is 0. The molecule has 2 aromatic heterocycles. The first-order valence-corrected chi connectivity index (χ1v) is 17.1. The summed E-state index contributed by atoms with van der Waals surface area (Å²) in [5, 5.41) is 0.529. The van der Waals surface area contributed by atoms with Crippen LogP contribution in [-0.4, -0.2) is 66.1 Å². The van der Waals surface area contributed by atoms with Gasteiger partial charge in [-0.2, -0.15) is 0 Å². The molecule has 0 atom stereocenters. The van der Waals surface area contributed by atoms with Crippen molar-refractivity contribution < 1.29 is 36.2 Å². The molecule has 0 unspecified atom stereocenters. The van der Waals surface area contributed by atoms with Crippen LogP contribution in [0, 0.1) is 11.6 Å². The number of carbonyl (C=O) groups is 1. The van der Waals surface area contributed by atoms with Gasteiger partial charge in [0.05, 0.1) is 16.8 Å². The summed E-state index contributed by atoms with van der Waals surface area (Å²) in [6, 6.07) is 8.87. The zero-order valence-corrected chi connectivity index (χ0v) is 27.7. The number of halogens is 2. The molecular formula is C34H39F2N3O7S. The Labute approximate surface area is 272 Å².